The van der Waals surface area contributed by atoms with Gasteiger partial charge in [0.25, 0.3) is 0 Å². The molecule has 0 saturated heterocycles. The van der Waals surface area contributed by atoms with Gasteiger partial charge in [-0.15, -0.1) is 12.4 Å². The van der Waals surface area contributed by atoms with Gasteiger partial charge in [-0.2, -0.15) is 0 Å². The van der Waals surface area contributed by atoms with Gasteiger partial charge in [0.05, 0.1) is 0 Å². The summed E-state index contributed by atoms with van der Waals surface area (Å²) < 4.78 is 0. The Balaban J connectivity index is 0.00000128. The van der Waals surface area contributed by atoms with E-state index in [9.17, 15) is 0 Å². The molecule has 2 rings (SSSR count). The topological polar surface area (TPSA) is 26.0 Å². The average Bonchev–Trinajstić information content (AvgIpc) is 2.30. The monoisotopic (exact) mass is 233 g/mol. The minimum Gasteiger partial charge on any atom is -0.326 e. The highest BCUT2D eigenvalue weighted by molar-refractivity contribution is 5.85. The predicted octanol–water partition coefficient (Wildman–Crippen LogP) is 3.54. The van der Waals surface area contributed by atoms with Gasteiger partial charge in [-0.05, 0) is 29.2 Å². The summed E-state index contributed by atoms with van der Waals surface area (Å²) in [5, 5.41) is 0. The highest BCUT2D eigenvalue weighted by atomic mass is 35.5. The molecule has 2 aromatic carbocycles. The highest BCUT2D eigenvalue weighted by Gasteiger charge is 2.04. The molecular formula is C14H16ClN. The zero-order valence-corrected chi connectivity index (χ0v) is 10.1. The predicted molar refractivity (Wildman–Crippen MR) is 71.8 cm³/mol. The maximum Gasteiger partial charge on any atom is 0.0184 e. The van der Waals surface area contributed by atoms with Crippen molar-refractivity contribution in [1.29, 1.82) is 0 Å². The summed E-state index contributed by atoms with van der Waals surface area (Å²) in [4.78, 5) is 0. The van der Waals surface area contributed by atoms with E-state index in [2.05, 4.69) is 49.4 Å². The van der Waals surface area contributed by atoms with E-state index in [4.69, 9.17) is 5.73 Å². The summed E-state index contributed by atoms with van der Waals surface area (Å²) in [5.74, 6) is 0. The van der Waals surface area contributed by atoms with Crippen LogP contribution in [0.25, 0.3) is 11.1 Å². The van der Waals surface area contributed by atoms with Gasteiger partial charge >= 0.3 is 0 Å². The van der Waals surface area contributed by atoms with Crippen LogP contribution in [0.3, 0.4) is 0 Å². The van der Waals surface area contributed by atoms with Gasteiger partial charge in [-0.1, -0.05) is 48.5 Å². The number of hydrogen-bond donors (Lipinski definition) is 1. The fourth-order valence-electron chi connectivity index (χ4n) is 1.84. The second-order valence-corrected chi connectivity index (χ2v) is 3.68. The second-order valence-electron chi connectivity index (χ2n) is 3.68. The lowest BCUT2D eigenvalue weighted by Gasteiger charge is -2.10. The van der Waals surface area contributed by atoms with Crippen LogP contribution in [0.4, 0.5) is 0 Å². The molecule has 0 heterocycles. The maximum atomic E-state index is 5.74. The van der Waals surface area contributed by atoms with Crippen molar-refractivity contribution in [3.8, 4) is 11.1 Å². The molecule has 0 aliphatic carbocycles. The molecule has 2 aromatic rings. The van der Waals surface area contributed by atoms with E-state index >= 15 is 0 Å². The number of benzene rings is 2. The number of aryl methyl sites for hydroxylation is 1. The Labute approximate surface area is 103 Å². The van der Waals surface area contributed by atoms with Gasteiger partial charge in [0.1, 0.15) is 0 Å². The van der Waals surface area contributed by atoms with E-state index in [0.717, 1.165) is 0 Å². The number of rotatable bonds is 2. The first kappa shape index (κ1) is 12.8. The Bertz CT molecular complexity index is 466. The molecule has 0 atom stereocenters. The second kappa shape index (κ2) is 5.69. The Morgan fingerprint density at radius 3 is 2.06 bits per heavy atom. The quantitative estimate of drug-likeness (QED) is 0.844. The summed E-state index contributed by atoms with van der Waals surface area (Å²) >= 11 is 0. The number of halogens is 1. The maximum absolute atomic E-state index is 5.74. The SMILES string of the molecule is Cc1ccccc1-c1ccccc1CN.Cl. The number of nitrogens with two attached hydrogens (primary N) is 1. The van der Waals surface area contributed by atoms with Crippen molar-refractivity contribution in [1.82, 2.24) is 0 Å². The fraction of sp³-hybridized carbons (Fsp3) is 0.143. The molecule has 0 amide bonds. The summed E-state index contributed by atoms with van der Waals surface area (Å²) in [7, 11) is 0. The lowest BCUT2D eigenvalue weighted by molar-refractivity contribution is 1.07. The van der Waals surface area contributed by atoms with Crippen molar-refractivity contribution < 1.29 is 0 Å². The third-order valence-corrected chi connectivity index (χ3v) is 2.67. The van der Waals surface area contributed by atoms with Gasteiger partial charge in [-0.3, -0.25) is 0 Å². The first-order valence-corrected chi connectivity index (χ1v) is 5.17. The normalized spacial score (nSPS) is 9.62. The Kier molecular flexibility index (Phi) is 4.53. The van der Waals surface area contributed by atoms with Gasteiger partial charge in [0.2, 0.25) is 0 Å². The zero-order valence-electron chi connectivity index (χ0n) is 9.31. The molecule has 0 unspecified atom stereocenters. The Morgan fingerprint density at radius 1 is 0.875 bits per heavy atom. The lowest BCUT2D eigenvalue weighted by Crippen LogP contribution is -1.99. The largest absolute Gasteiger partial charge is 0.326 e. The smallest absolute Gasteiger partial charge is 0.0184 e. The summed E-state index contributed by atoms with van der Waals surface area (Å²) in [6.07, 6.45) is 0. The first-order chi connectivity index (χ1) is 7.33. The third-order valence-electron chi connectivity index (χ3n) is 2.67. The molecule has 2 heteroatoms. The molecule has 84 valence electrons. The van der Waals surface area contributed by atoms with E-state index in [1.165, 1.54) is 22.3 Å². The van der Waals surface area contributed by atoms with Crippen molar-refractivity contribution in [2.24, 2.45) is 5.73 Å². The summed E-state index contributed by atoms with van der Waals surface area (Å²) in [6.45, 7) is 2.72. The van der Waals surface area contributed by atoms with Crippen molar-refractivity contribution in [3.63, 3.8) is 0 Å². The van der Waals surface area contributed by atoms with Gasteiger partial charge < -0.3 is 5.73 Å². The highest BCUT2D eigenvalue weighted by Crippen LogP contribution is 2.26. The summed E-state index contributed by atoms with van der Waals surface area (Å²) in [6, 6.07) is 16.7. The van der Waals surface area contributed by atoms with Crippen LogP contribution in [-0.4, -0.2) is 0 Å². The Hall–Kier alpha value is -1.31. The molecular weight excluding hydrogens is 218 g/mol. The van der Waals surface area contributed by atoms with E-state index in [0.29, 0.717) is 6.54 Å². The molecule has 1 nitrogen and oxygen atoms in total. The minimum absolute atomic E-state index is 0. The summed E-state index contributed by atoms with van der Waals surface area (Å²) in [5.41, 5.74) is 10.8. The average molecular weight is 234 g/mol. The Morgan fingerprint density at radius 2 is 1.44 bits per heavy atom. The van der Waals surface area contributed by atoms with Crippen molar-refractivity contribution in [2.75, 3.05) is 0 Å². The van der Waals surface area contributed by atoms with E-state index in [1.54, 1.807) is 0 Å². The molecule has 16 heavy (non-hydrogen) atoms. The van der Waals surface area contributed by atoms with Gasteiger partial charge in [-0.25, -0.2) is 0 Å². The van der Waals surface area contributed by atoms with Crippen LogP contribution in [0.15, 0.2) is 48.5 Å². The third kappa shape index (κ3) is 2.43. The molecule has 0 spiro atoms. The van der Waals surface area contributed by atoms with E-state index < -0.39 is 0 Å². The standard InChI is InChI=1S/C14H15N.ClH/c1-11-6-2-4-8-13(11)14-9-5-3-7-12(14)10-15;/h2-9H,10,15H2,1H3;1H. The lowest BCUT2D eigenvalue weighted by atomic mass is 9.96. The molecule has 0 aliphatic rings. The molecule has 0 aromatic heterocycles. The van der Waals surface area contributed by atoms with Crippen LogP contribution in [0.1, 0.15) is 11.1 Å². The van der Waals surface area contributed by atoms with Crippen LogP contribution in [0.2, 0.25) is 0 Å². The zero-order chi connectivity index (χ0) is 10.7. The molecule has 0 saturated carbocycles. The van der Waals surface area contributed by atoms with Crippen molar-refractivity contribution in [3.05, 3.63) is 59.7 Å². The van der Waals surface area contributed by atoms with Crippen LogP contribution >= 0.6 is 12.4 Å². The number of hydrogen-bond acceptors (Lipinski definition) is 1. The first-order valence-electron chi connectivity index (χ1n) is 5.17. The molecule has 0 aliphatic heterocycles. The minimum atomic E-state index is 0. The van der Waals surface area contributed by atoms with Gasteiger partial charge in [0, 0.05) is 6.54 Å². The van der Waals surface area contributed by atoms with E-state index in [1.807, 2.05) is 6.07 Å². The molecule has 0 fully saturated rings. The van der Waals surface area contributed by atoms with Crippen LogP contribution in [0, 0.1) is 6.92 Å². The molecule has 2 N–H and O–H groups in total. The molecule has 0 radical (unpaired) electrons. The van der Waals surface area contributed by atoms with Crippen molar-refractivity contribution >= 4 is 12.4 Å². The van der Waals surface area contributed by atoms with Crippen LogP contribution in [0.5, 0.6) is 0 Å². The van der Waals surface area contributed by atoms with Gasteiger partial charge in [0.15, 0.2) is 0 Å². The fourth-order valence-corrected chi connectivity index (χ4v) is 1.84. The van der Waals surface area contributed by atoms with Crippen LogP contribution < -0.4 is 5.73 Å². The van der Waals surface area contributed by atoms with Crippen molar-refractivity contribution in [2.45, 2.75) is 13.5 Å². The van der Waals surface area contributed by atoms with Crippen LogP contribution in [-0.2, 0) is 6.54 Å². The van der Waals surface area contributed by atoms with E-state index in [-0.39, 0.29) is 12.4 Å². The molecule has 0 bridgehead atoms.